The van der Waals surface area contributed by atoms with E-state index in [4.69, 9.17) is 0 Å². The minimum Gasteiger partial charge on any atom is -0.457 e. The summed E-state index contributed by atoms with van der Waals surface area (Å²) in [5.74, 6) is -3.29. The molecule has 0 bridgehead atoms. The van der Waals surface area contributed by atoms with Gasteiger partial charge in [-0.15, -0.1) is 0 Å². The predicted molar refractivity (Wildman–Crippen MR) is 55.0 cm³/mol. The van der Waals surface area contributed by atoms with Crippen LogP contribution in [-0.4, -0.2) is 53.9 Å². The van der Waals surface area contributed by atoms with E-state index in [0.29, 0.717) is 0 Å². The average Bonchev–Trinajstić information content (AvgIpc) is 2.28. The molecule has 1 unspecified atom stereocenters. The molecule has 1 heterocycles. The number of nitrogens with one attached hydrogen (secondary N) is 1. The molecule has 5 atom stereocenters. The Morgan fingerprint density at radius 3 is 2.35 bits per heavy atom. The average molecular weight is 303 g/mol. The predicted octanol–water partition coefficient (Wildman–Crippen LogP) is 0.0404. The Balaban J connectivity index is 2.92. The van der Waals surface area contributed by atoms with Crippen LogP contribution < -0.4 is 5.32 Å². The van der Waals surface area contributed by atoms with Crippen molar-refractivity contribution in [2.24, 2.45) is 0 Å². The molecular formula is C10H13F4NO5. The number of rotatable bonds is 2. The first kappa shape index (κ1) is 16.6. The van der Waals surface area contributed by atoms with Gasteiger partial charge < -0.3 is 19.9 Å². The molecule has 0 aromatic heterocycles. The van der Waals surface area contributed by atoms with Crippen molar-refractivity contribution in [2.75, 3.05) is 0 Å². The van der Waals surface area contributed by atoms with Crippen LogP contribution >= 0.6 is 0 Å². The molecule has 0 aromatic carbocycles. The number of hydrogen-bond donors (Lipinski definition) is 2. The van der Waals surface area contributed by atoms with Crippen molar-refractivity contribution < 1.29 is 41.7 Å². The molecule has 6 nitrogen and oxygen atoms in total. The molecule has 0 spiro atoms. The van der Waals surface area contributed by atoms with Crippen molar-refractivity contribution in [2.45, 2.75) is 50.7 Å². The standard InChI is InChI=1S/C10H13F4NO5/c1-3-6(15-9(18)10(12,13)14)7(20-4(2)16)5(11)8(17)19-3/h3,5-8,17H,1-2H3,(H,15,18)/t3-,5+,6-,7-,8?/m0/s1. The van der Waals surface area contributed by atoms with Gasteiger partial charge in [0.15, 0.2) is 18.6 Å². The SMILES string of the molecule is CC(=O)O[C@@H]1[C@@H](NC(=O)C(F)(F)F)[C@H](C)OC(O)[C@@H]1F. The van der Waals surface area contributed by atoms with Crippen LogP contribution in [0.3, 0.4) is 0 Å². The van der Waals surface area contributed by atoms with Gasteiger partial charge in [0, 0.05) is 6.92 Å². The van der Waals surface area contributed by atoms with Gasteiger partial charge in [0.25, 0.3) is 0 Å². The van der Waals surface area contributed by atoms with E-state index in [2.05, 4.69) is 9.47 Å². The number of esters is 1. The van der Waals surface area contributed by atoms with E-state index in [0.717, 1.165) is 6.92 Å². The summed E-state index contributed by atoms with van der Waals surface area (Å²) >= 11 is 0. The Morgan fingerprint density at radius 1 is 1.35 bits per heavy atom. The summed E-state index contributed by atoms with van der Waals surface area (Å²) in [6.45, 7) is 2.12. The minimum atomic E-state index is -5.18. The number of alkyl halides is 4. The van der Waals surface area contributed by atoms with Crippen LogP contribution in [0, 0.1) is 0 Å². The lowest BCUT2D eigenvalue weighted by Crippen LogP contribution is -2.63. The highest BCUT2D eigenvalue weighted by atomic mass is 19.4. The molecule has 0 aliphatic carbocycles. The maximum absolute atomic E-state index is 13.7. The lowest BCUT2D eigenvalue weighted by molar-refractivity contribution is -0.242. The number of ether oxygens (including phenoxy) is 2. The van der Waals surface area contributed by atoms with E-state index in [1.807, 2.05) is 0 Å². The Labute approximate surface area is 111 Å². The highest BCUT2D eigenvalue weighted by Gasteiger charge is 2.50. The molecule has 0 aromatic rings. The van der Waals surface area contributed by atoms with Gasteiger partial charge in [0.1, 0.15) is 0 Å². The number of aliphatic hydroxyl groups excluding tert-OH is 1. The largest absolute Gasteiger partial charge is 0.471 e. The van der Waals surface area contributed by atoms with Gasteiger partial charge in [-0.1, -0.05) is 0 Å². The number of halogens is 4. The molecule has 1 aliphatic rings. The van der Waals surface area contributed by atoms with Crippen LogP contribution in [-0.2, 0) is 19.1 Å². The Hall–Kier alpha value is -1.42. The number of amides is 1. The van der Waals surface area contributed by atoms with E-state index in [1.54, 1.807) is 0 Å². The lowest BCUT2D eigenvalue weighted by atomic mass is 9.97. The zero-order valence-corrected chi connectivity index (χ0v) is 10.5. The summed E-state index contributed by atoms with van der Waals surface area (Å²) in [5.41, 5.74) is 0. The van der Waals surface area contributed by atoms with E-state index in [1.165, 1.54) is 12.2 Å². The van der Waals surface area contributed by atoms with Crippen LogP contribution in [0.15, 0.2) is 0 Å². The number of carbonyl (C=O) groups excluding carboxylic acids is 2. The van der Waals surface area contributed by atoms with Crippen LogP contribution in [0.5, 0.6) is 0 Å². The quantitative estimate of drug-likeness (QED) is 0.556. The first-order chi connectivity index (χ1) is 9.04. The van der Waals surface area contributed by atoms with Crippen LogP contribution in [0.1, 0.15) is 13.8 Å². The topological polar surface area (TPSA) is 84.9 Å². The van der Waals surface area contributed by atoms with Gasteiger partial charge in [-0.2, -0.15) is 13.2 Å². The second-order valence-corrected chi connectivity index (χ2v) is 4.25. The molecule has 10 heteroatoms. The van der Waals surface area contributed by atoms with Crippen LogP contribution in [0.25, 0.3) is 0 Å². The Morgan fingerprint density at radius 2 is 1.90 bits per heavy atom. The molecule has 116 valence electrons. The molecule has 1 rings (SSSR count). The third-order valence-electron chi connectivity index (χ3n) is 2.66. The van der Waals surface area contributed by atoms with Gasteiger partial charge in [0.2, 0.25) is 0 Å². The smallest absolute Gasteiger partial charge is 0.457 e. The lowest BCUT2D eigenvalue weighted by Gasteiger charge is -2.40. The zero-order chi connectivity index (χ0) is 15.7. The number of hydrogen-bond acceptors (Lipinski definition) is 5. The monoisotopic (exact) mass is 303 g/mol. The van der Waals surface area contributed by atoms with Crippen LogP contribution in [0.2, 0.25) is 0 Å². The molecule has 1 aliphatic heterocycles. The van der Waals surface area contributed by atoms with Crippen LogP contribution in [0.4, 0.5) is 17.6 Å². The molecule has 2 N–H and O–H groups in total. The van der Waals surface area contributed by atoms with Crippen molar-refractivity contribution in [1.29, 1.82) is 0 Å². The maximum Gasteiger partial charge on any atom is 0.471 e. The third kappa shape index (κ3) is 3.79. The summed E-state index contributed by atoms with van der Waals surface area (Å²) in [6.07, 6.45) is -12.4. The molecule has 0 radical (unpaired) electrons. The molecule has 0 saturated carbocycles. The number of aliphatic hydroxyl groups is 1. The van der Waals surface area contributed by atoms with Crippen molar-refractivity contribution in [3.63, 3.8) is 0 Å². The van der Waals surface area contributed by atoms with Crippen molar-refractivity contribution in [3.8, 4) is 0 Å². The summed E-state index contributed by atoms with van der Waals surface area (Å²) in [4.78, 5) is 21.7. The molecule has 1 saturated heterocycles. The first-order valence-electron chi connectivity index (χ1n) is 5.56. The van der Waals surface area contributed by atoms with Crippen molar-refractivity contribution >= 4 is 11.9 Å². The zero-order valence-electron chi connectivity index (χ0n) is 10.5. The second kappa shape index (κ2) is 5.92. The minimum absolute atomic E-state index is 0.919. The van der Waals surface area contributed by atoms with E-state index < -0.39 is 48.8 Å². The maximum atomic E-state index is 13.7. The molecule has 20 heavy (non-hydrogen) atoms. The van der Waals surface area contributed by atoms with Gasteiger partial charge in [-0.05, 0) is 6.92 Å². The fourth-order valence-electron chi connectivity index (χ4n) is 1.77. The normalized spacial score (nSPS) is 34.5. The summed E-state index contributed by atoms with van der Waals surface area (Å²) in [5, 5.41) is 10.7. The molecule has 1 amide bonds. The van der Waals surface area contributed by atoms with Gasteiger partial charge in [0.05, 0.1) is 12.1 Å². The van der Waals surface area contributed by atoms with Gasteiger partial charge in [-0.3, -0.25) is 9.59 Å². The van der Waals surface area contributed by atoms with Gasteiger partial charge >= 0.3 is 18.1 Å². The van der Waals surface area contributed by atoms with Gasteiger partial charge in [-0.25, -0.2) is 4.39 Å². The summed E-state index contributed by atoms with van der Waals surface area (Å²) < 4.78 is 59.4. The highest BCUT2D eigenvalue weighted by Crippen LogP contribution is 2.26. The Bertz CT molecular complexity index is 388. The Kier molecular flexibility index (Phi) is 4.92. The van der Waals surface area contributed by atoms with Crippen molar-refractivity contribution in [3.05, 3.63) is 0 Å². The van der Waals surface area contributed by atoms with E-state index >= 15 is 0 Å². The third-order valence-corrected chi connectivity index (χ3v) is 2.66. The molecule has 1 fully saturated rings. The molecular weight excluding hydrogens is 290 g/mol. The van der Waals surface area contributed by atoms with E-state index in [-0.39, 0.29) is 0 Å². The highest BCUT2D eigenvalue weighted by molar-refractivity contribution is 5.82. The first-order valence-corrected chi connectivity index (χ1v) is 5.56. The number of carbonyl (C=O) groups is 2. The second-order valence-electron chi connectivity index (χ2n) is 4.25. The van der Waals surface area contributed by atoms with Crippen molar-refractivity contribution in [1.82, 2.24) is 5.32 Å². The fraction of sp³-hybridized carbons (Fsp3) is 0.800. The summed E-state index contributed by atoms with van der Waals surface area (Å²) in [7, 11) is 0. The van der Waals surface area contributed by atoms with E-state index in [9.17, 15) is 32.3 Å². The fourth-order valence-corrected chi connectivity index (χ4v) is 1.77. The summed E-state index contributed by atoms with van der Waals surface area (Å²) in [6, 6.07) is -1.58.